The van der Waals surface area contributed by atoms with Gasteiger partial charge in [-0.3, -0.25) is 4.79 Å². The lowest BCUT2D eigenvalue weighted by Crippen LogP contribution is -2.19. The molecule has 0 spiro atoms. The fourth-order valence-corrected chi connectivity index (χ4v) is 1.30. The summed E-state index contributed by atoms with van der Waals surface area (Å²) in [6, 6.07) is 3.56. The van der Waals surface area contributed by atoms with Gasteiger partial charge in [0.2, 0.25) is 0 Å². The zero-order valence-corrected chi connectivity index (χ0v) is 8.47. The molecule has 0 unspecified atom stereocenters. The smallest absolute Gasteiger partial charge is 0.265 e. The van der Waals surface area contributed by atoms with Gasteiger partial charge < -0.3 is 4.57 Å². The number of halogens is 1. The molecule has 0 bridgehead atoms. The lowest BCUT2D eigenvalue weighted by molar-refractivity contribution is 0.745. The van der Waals surface area contributed by atoms with Crippen LogP contribution in [0.4, 0.5) is 0 Å². The number of aromatic nitrogens is 1. The van der Waals surface area contributed by atoms with E-state index in [0.29, 0.717) is 11.0 Å². The van der Waals surface area contributed by atoms with Gasteiger partial charge in [0.05, 0.1) is 4.47 Å². The highest BCUT2D eigenvalue weighted by atomic mass is 79.9. The molecule has 2 nitrogen and oxygen atoms in total. The van der Waals surface area contributed by atoms with Gasteiger partial charge in [0.15, 0.2) is 0 Å². The summed E-state index contributed by atoms with van der Waals surface area (Å²) >= 11 is 3.17. The largest absolute Gasteiger partial charge is 0.311 e. The Balaban J connectivity index is 3.09. The summed E-state index contributed by atoms with van der Waals surface area (Å²) < 4.78 is 2.21. The summed E-state index contributed by atoms with van der Waals surface area (Å²) in [4.78, 5) is 11.4. The van der Waals surface area contributed by atoms with Crippen molar-refractivity contribution in [3.05, 3.63) is 45.3 Å². The average Bonchev–Trinajstić information content (AvgIpc) is 1.98. The lowest BCUT2D eigenvalue weighted by Gasteiger charge is -2.03. The van der Waals surface area contributed by atoms with E-state index in [-0.39, 0.29) is 5.56 Å². The number of hydrogen-bond donors (Lipinski definition) is 0. The van der Waals surface area contributed by atoms with Crippen LogP contribution < -0.4 is 5.56 Å². The predicted octanol–water partition coefficient (Wildman–Crippen LogP) is 2.19. The number of allylic oxidation sites excluding steroid dienone is 1. The molecule has 0 aliphatic heterocycles. The normalized spacial score (nSPS) is 9.83. The summed E-state index contributed by atoms with van der Waals surface area (Å²) in [5, 5.41) is 0. The minimum Gasteiger partial charge on any atom is -0.311 e. The second kappa shape index (κ2) is 3.72. The highest BCUT2D eigenvalue weighted by Crippen LogP contribution is 2.01. The zero-order chi connectivity index (χ0) is 9.14. The van der Waals surface area contributed by atoms with Crippen LogP contribution in [0.1, 0.15) is 6.92 Å². The summed E-state index contributed by atoms with van der Waals surface area (Å²) in [6.07, 6.45) is 1.75. The summed E-state index contributed by atoms with van der Waals surface area (Å²) in [6.45, 7) is 6.22. The van der Waals surface area contributed by atoms with Crippen molar-refractivity contribution in [3.63, 3.8) is 0 Å². The SMILES string of the molecule is C=C(C)Cn1cccc(Br)c1=O. The Labute approximate surface area is 79.7 Å². The molecule has 0 aliphatic rings. The molecule has 0 N–H and O–H groups in total. The molecule has 0 radical (unpaired) electrons. The number of nitrogens with zero attached hydrogens (tertiary/aromatic N) is 1. The third-order valence-corrected chi connectivity index (χ3v) is 2.02. The van der Waals surface area contributed by atoms with E-state index in [1.54, 1.807) is 16.8 Å². The van der Waals surface area contributed by atoms with E-state index in [0.717, 1.165) is 5.57 Å². The molecule has 0 saturated heterocycles. The van der Waals surface area contributed by atoms with Crippen LogP contribution >= 0.6 is 15.9 Å². The van der Waals surface area contributed by atoms with Crippen molar-refractivity contribution in [2.24, 2.45) is 0 Å². The second-order valence-electron chi connectivity index (χ2n) is 2.75. The Bertz CT molecular complexity index is 354. The molecule has 0 aliphatic carbocycles. The highest BCUT2D eigenvalue weighted by Gasteiger charge is 1.98. The first kappa shape index (κ1) is 9.26. The molecular formula is C9H10BrNO. The van der Waals surface area contributed by atoms with Crippen LogP contribution in [0.3, 0.4) is 0 Å². The second-order valence-corrected chi connectivity index (χ2v) is 3.60. The zero-order valence-electron chi connectivity index (χ0n) is 6.88. The molecule has 1 heterocycles. The van der Waals surface area contributed by atoms with Crippen LogP contribution in [0.15, 0.2) is 39.7 Å². The van der Waals surface area contributed by atoms with E-state index in [1.165, 1.54) is 0 Å². The number of pyridine rings is 1. The fourth-order valence-electron chi connectivity index (χ4n) is 0.923. The van der Waals surface area contributed by atoms with E-state index in [4.69, 9.17) is 0 Å². The van der Waals surface area contributed by atoms with Crippen LogP contribution in [0.2, 0.25) is 0 Å². The van der Waals surface area contributed by atoms with Crippen molar-refractivity contribution >= 4 is 15.9 Å². The van der Waals surface area contributed by atoms with Gasteiger partial charge >= 0.3 is 0 Å². The fraction of sp³-hybridized carbons (Fsp3) is 0.222. The monoisotopic (exact) mass is 227 g/mol. The summed E-state index contributed by atoms with van der Waals surface area (Å²) in [5.74, 6) is 0. The Morgan fingerprint density at radius 2 is 2.42 bits per heavy atom. The van der Waals surface area contributed by atoms with E-state index in [1.807, 2.05) is 13.0 Å². The lowest BCUT2D eigenvalue weighted by atomic mass is 10.3. The minimum atomic E-state index is -0.0134. The molecule has 3 heteroatoms. The highest BCUT2D eigenvalue weighted by molar-refractivity contribution is 9.10. The Kier molecular flexibility index (Phi) is 2.87. The van der Waals surface area contributed by atoms with Gasteiger partial charge in [-0.2, -0.15) is 0 Å². The van der Waals surface area contributed by atoms with Crippen molar-refractivity contribution in [1.82, 2.24) is 4.57 Å². The van der Waals surface area contributed by atoms with Crippen molar-refractivity contribution in [2.75, 3.05) is 0 Å². The van der Waals surface area contributed by atoms with E-state index in [9.17, 15) is 4.79 Å². The minimum absolute atomic E-state index is 0.0134. The maximum atomic E-state index is 11.4. The van der Waals surface area contributed by atoms with E-state index < -0.39 is 0 Å². The summed E-state index contributed by atoms with van der Waals surface area (Å²) in [5.41, 5.74) is 0.954. The van der Waals surface area contributed by atoms with Crippen molar-refractivity contribution in [2.45, 2.75) is 13.5 Å². The standard InChI is InChI=1S/C9H10BrNO/c1-7(2)6-11-5-3-4-8(10)9(11)12/h3-5H,1,6H2,2H3. The third-order valence-electron chi connectivity index (χ3n) is 1.41. The van der Waals surface area contributed by atoms with Gasteiger partial charge in [0.1, 0.15) is 0 Å². The quantitative estimate of drug-likeness (QED) is 0.711. The molecule has 1 rings (SSSR count). The van der Waals surface area contributed by atoms with Crippen molar-refractivity contribution in [1.29, 1.82) is 0 Å². The van der Waals surface area contributed by atoms with Gasteiger partial charge in [-0.25, -0.2) is 0 Å². The first-order valence-corrected chi connectivity index (χ1v) is 4.40. The number of rotatable bonds is 2. The van der Waals surface area contributed by atoms with Crippen LogP contribution in [0.25, 0.3) is 0 Å². The molecular weight excluding hydrogens is 218 g/mol. The van der Waals surface area contributed by atoms with Gasteiger partial charge in [-0.15, -0.1) is 0 Å². The molecule has 0 aromatic carbocycles. The molecule has 1 aromatic rings. The van der Waals surface area contributed by atoms with Crippen LogP contribution in [-0.2, 0) is 6.54 Å². The first-order valence-electron chi connectivity index (χ1n) is 3.60. The van der Waals surface area contributed by atoms with E-state index >= 15 is 0 Å². The van der Waals surface area contributed by atoms with Crippen LogP contribution in [0, 0.1) is 0 Å². The molecule has 0 amide bonds. The number of hydrogen-bond acceptors (Lipinski definition) is 1. The molecule has 0 atom stereocenters. The molecule has 64 valence electrons. The molecule has 0 saturated carbocycles. The molecule has 1 aromatic heterocycles. The Morgan fingerprint density at radius 1 is 1.75 bits per heavy atom. The van der Waals surface area contributed by atoms with Crippen molar-refractivity contribution in [3.8, 4) is 0 Å². The maximum absolute atomic E-state index is 11.4. The van der Waals surface area contributed by atoms with Gasteiger partial charge in [-0.05, 0) is 35.0 Å². The first-order chi connectivity index (χ1) is 5.61. The van der Waals surface area contributed by atoms with Gasteiger partial charge in [0, 0.05) is 12.7 Å². The maximum Gasteiger partial charge on any atom is 0.265 e. The van der Waals surface area contributed by atoms with Gasteiger partial charge in [0.25, 0.3) is 5.56 Å². The Hall–Kier alpha value is -0.830. The average molecular weight is 228 g/mol. The van der Waals surface area contributed by atoms with Crippen LogP contribution in [-0.4, -0.2) is 4.57 Å². The summed E-state index contributed by atoms with van der Waals surface area (Å²) in [7, 11) is 0. The van der Waals surface area contributed by atoms with E-state index in [2.05, 4.69) is 22.5 Å². The molecule has 12 heavy (non-hydrogen) atoms. The van der Waals surface area contributed by atoms with Crippen LogP contribution in [0.5, 0.6) is 0 Å². The third kappa shape index (κ3) is 2.08. The Morgan fingerprint density at radius 3 is 3.00 bits per heavy atom. The van der Waals surface area contributed by atoms with Gasteiger partial charge in [-0.1, -0.05) is 12.2 Å². The topological polar surface area (TPSA) is 22.0 Å². The predicted molar refractivity (Wildman–Crippen MR) is 53.2 cm³/mol. The molecule has 0 fully saturated rings. The van der Waals surface area contributed by atoms with Crippen molar-refractivity contribution < 1.29 is 0 Å².